The third kappa shape index (κ3) is 3.47. The molecule has 5 aromatic rings. The van der Waals surface area contributed by atoms with Crippen molar-refractivity contribution in [3.63, 3.8) is 0 Å². The van der Waals surface area contributed by atoms with Crippen molar-refractivity contribution in [2.24, 2.45) is 0 Å². The summed E-state index contributed by atoms with van der Waals surface area (Å²) in [6, 6.07) is 20.5. The molecule has 0 fully saturated rings. The van der Waals surface area contributed by atoms with Crippen LogP contribution in [0.25, 0.3) is 22.7 Å². The zero-order valence-electron chi connectivity index (χ0n) is 16.7. The van der Waals surface area contributed by atoms with Gasteiger partial charge in [-0.2, -0.15) is 0 Å². The maximum Gasteiger partial charge on any atom is 0.257 e. The number of aromatic nitrogens is 4. The van der Waals surface area contributed by atoms with Crippen LogP contribution in [0, 0.1) is 6.92 Å². The normalized spacial score (nSPS) is 11.0. The van der Waals surface area contributed by atoms with Gasteiger partial charge in [0, 0.05) is 18.6 Å². The lowest BCUT2D eigenvalue weighted by atomic mass is 10.2. The van der Waals surface area contributed by atoms with Crippen molar-refractivity contribution in [2.45, 2.75) is 6.92 Å². The molecular formula is C24H18ClN5O. The quantitative estimate of drug-likeness (QED) is 0.417. The second-order valence-corrected chi connectivity index (χ2v) is 7.47. The first kappa shape index (κ1) is 19.1. The summed E-state index contributed by atoms with van der Waals surface area (Å²) in [6.07, 6.45) is 5.60. The van der Waals surface area contributed by atoms with Crippen LogP contribution in [0.2, 0.25) is 5.02 Å². The molecule has 0 bridgehead atoms. The molecule has 0 aliphatic rings. The van der Waals surface area contributed by atoms with Crippen LogP contribution in [0.4, 0.5) is 5.69 Å². The van der Waals surface area contributed by atoms with Gasteiger partial charge in [0.2, 0.25) is 0 Å². The fourth-order valence-electron chi connectivity index (χ4n) is 3.61. The molecule has 0 radical (unpaired) electrons. The Balaban J connectivity index is 1.59. The number of hydrogen-bond acceptors (Lipinski definition) is 3. The Morgan fingerprint density at radius 1 is 1.03 bits per heavy atom. The van der Waals surface area contributed by atoms with E-state index < -0.39 is 0 Å². The number of rotatable bonds is 4. The van der Waals surface area contributed by atoms with E-state index in [1.165, 1.54) is 0 Å². The number of nitrogens with one attached hydrogen (secondary N) is 1. The molecule has 1 N–H and O–H groups in total. The number of fused-ring (bicyclic) bond motifs is 1. The Morgan fingerprint density at radius 3 is 2.65 bits per heavy atom. The highest BCUT2D eigenvalue weighted by molar-refractivity contribution is 6.34. The summed E-state index contributed by atoms with van der Waals surface area (Å²) in [4.78, 5) is 22.2. The molecule has 0 spiro atoms. The molecule has 0 saturated carbocycles. The van der Waals surface area contributed by atoms with E-state index in [1.54, 1.807) is 18.3 Å². The van der Waals surface area contributed by atoms with Crippen molar-refractivity contribution in [1.29, 1.82) is 0 Å². The maximum absolute atomic E-state index is 13.1. The van der Waals surface area contributed by atoms with Gasteiger partial charge >= 0.3 is 0 Å². The van der Waals surface area contributed by atoms with Crippen LogP contribution >= 0.6 is 11.6 Å². The average Bonchev–Trinajstić information content (AvgIpc) is 3.37. The maximum atomic E-state index is 13.1. The molecule has 5 rings (SSSR count). The minimum atomic E-state index is -0.232. The first-order valence-corrected chi connectivity index (χ1v) is 10.1. The minimum Gasteiger partial charge on any atom is -0.321 e. The van der Waals surface area contributed by atoms with Crippen molar-refractivity contribution < 1.29 is 4.79 Å². The van der Waals surface area contributed by atoms with Crippen LogP contribution < -0.4 is 5.32 Å². The van der Waals surface area contributed by atoms with E-state index in [0.29, 0.717) is 16.3 Å². The summed E-state index contributed by atoms with van der Waals surface area (Å²) in [7, 11) is 0. The topological polar surface area (TPSA) is 64.2 Å². The van der Waals surface area contributed by atoms with E-state index >= 15 is 0 Å². The molecule has 0 aliphatic carbocycles. The molecule has 0 unspecified atom stereocenters. The highest BCUT2D eigenvalue weighted by Gasteiger charge is 2.19. The molecule has 7 heteroatoms. The van der Waals surface area contributed by atoms with E-state index in [2.05, 4.69) is 10.3 Å². The van der Waals surface area contributed by atoms with Gasteiger partial charge in [0.05, 0.1) is 27.5 Å². The summed E-state index contributed by atoms with van der Waals surface area (Å²) in [5.41, 5.74) is 3.47. The highest BCUT2D eigenvalue weighted by Crippen LogP contribution is 2.28. The standard InChI is InChI=1S/C24H18ClN5O/c1-16-27-20(15-30(16)23-11-4-6-12-26-23)22-14-17(21-10-5-7-13-29(21)22)24(31)28-19-9-3-2-8-18(19)25/h2-15H,1H3,(H,28,31). The van der Waals surface area contributed by atoms with E-state index in [0.717, 1.165) is 28.5 Å². The third-order valence-corrected chi connectivity index (χ3v) is 5.41. The van der Waals surface area contributed by atoms with Gasteiger partial charge in [0.15, 0.2) is 0 Å². The minimum absolute atomic E-state index is 0.232. The first-order valence-electron chi connectivity index (χ1n) is 9.75. The number of halogens is 1. The summed E-state index contributed by atoms with van der Waals surface area (Å²) in [6.45, 7) is 1.93. The Hall–Kier alpha value is -3.90. The van der Waals surface area contributed by atoms with E-state index in [1.807, 2.05) is 82.9 Å². The Labute approximate surface area is 183 Å². The third-order valence-electron chi connectivity index (χ3n) is 5.08. The summed E-state index contributed by atoms with van der Waals surface area (Å²) in [5, 5.41) is 3.40. The second-order valence-electron chi connectivity index (χ2n) is 7.06. The monoisotopic (exact) mass is 427 g/mol. The predicted molar refractivity (Wildman–Crippen MR) is 122 cm³/mol. The summed E-state index contributed by atoms with van der Waals surface area (Å²) >= 11 is 6.21. The van der Waals surface area contributed by atoms with Crippen molar-refractivity contribution in [3.05, 3.63) is 102 Å². The van der Waals surface area contributed by atoms with Gasteiger partial charge in [-0.15, -0.1) is 0 Å². The van der Waals surface area contributed by atoms with Crippen molar-refractivity contribution in [1.82, 2.24) is 18.9 Å². The number of imidazole rings is 1. The van der Waals surface area contributed by atoms with Crippen LogP contribution in [0.1, 0.15) is 16.2 Å². The number of hydrogen-bond donors (Lipinski definition) is 1. The van der Waals surface area contributed by atoms with Crippen LogP contribution in [-0.4, -0.2) is 24.8 Å². The zero-order valence-corrected chi connectivity index (χ0v) is 17.4. The number of benzene rings is 1. The number of anilines is 1. The van der Waals surface area contributed by atoms with Gasteiger partial charge in [-0.1, -0.05) is 35.9 Å². The number of para-hydroxylation sites is 1. The number of carbonyl (C=O) groups excluding carboxylic acids is 1. The average molecular weight is 428 g/mol. The lowest BCUT2D eigenvalue weighted by Gasteiger charge is -2.06. The lowest BCUT2D eigenvalue weighted by molar-refractivity contribution is 0.102. The highest BCUT2D eigenvalue weighted by atomic mass is 35.5. The smallest absolute Gasteiger partial charge is 0.257 e. The van der Waals surface area contributed by atoms with Crippen LogP contribution in [-0.2, 0) is 0 Å². The van der Waals surface area contributed by atoms with Gasteiger partial charge in [0.25, 0.3) is 5.91 Å². The predicted octanol–water partition coefficient (Wildman–Crippen LogP) is 5.40. The molecule has 0 aliphatic heterocycles. The first-order chi connectivity index (χ1) is 15.1. The van der Waals surface area contributed by atoms with Crippen LogP contribution in [0.5, 0.6) is 0 Å². The molecule has 1 aromatic carbocycles. The number of nitrogens with zero attached hydrogens (tertiary/aromatic N) is 4. The zero-order chi connectivity index (χ0) is 21.4. The van der Waals surface area contributed by atoms with Crippen molar-refractivity contribution in [2.75, 3.05) is 5.32 Å². The van der Waals surface area contributed by atoms with Gasteiger partial charge in [-0.05, 0) is 49.4 Å². The molecule has 0 saturated heterocycles. The molecule has 31 heavy (non-hydrogen) atoms. The molecular weight excluding hydrogens is 410 g/mol. The molecule has 1 amide bonds. The number of pyridine rings is 2. The fraction of sp³-hybridized carbons (Fsp3) is 0.0417. The van der Waals surface area contributed by atoms with E-state index in [4.69, 9.17) is 16.6 Å². The largest absolute Gasteiger partial charge is 0.321 e. The molecule has 6 nitrogen and oxygen atoms in total. The summed E-state index contributed by atoms with van der Waals surface area (Å²) in [5.74, 6) is 1.36. The number of carbonyl (C=O) groups is 1. The van der Waals surface area contributed by atoms with E-state index in [9.17, 15) is 4.79 Å². The van der Waals surface area contributed by atoms with Gasteiger partial charge in [-0.3, -0.25) is 9.36 Å². The van der Waals surface area contributed by atoms with E-state index in [-0.39, 0.29) is 5.91 Å². The molecule has 4 heterocycles. The SMILES string of the molecule is Cc1nc(-c2cc(C(=O)Nc3ccccc3Cl)c3ccccn23)cn1-c1ccccn1. The van der Waals surface area contributed by atoms with Crippen molar-refractivity contribution in [3.8, 4) is 17.2 Å². The molecule has 152 valence electrons. The molecule has 4 aromatic heterocycles. The lowest BCUT2D eigenvalue weighted by Crippen LogP contribution is -2.11. The van der Waals surface area contributed by atoms with Crippen molar-refractivity contribution >= 4 is 28.7 Å². The Morgan fingerprint density at radius 2 is 1.84 bits per heavy atom. The van der Waals surface area contributed by atoms with Gasteiger partial charge in [0.1, 0.15) is 17.3 Å². The number of amides is 1. The Bertz CT molecular complexity index is 1400. The van der Waals surface area contributed by atoms with Gasteiger partial charge in [-0.25, -0.2) is 9.97 Å². The Kier molecular flexibility index (Phi) is 4.76. The van der Waals surface area contributed by atoms with Gasteiger partial charge < -0.3 is 9.72 Å². The van der Waals surface area contributed by atoms with Crippen LogP contribution in [0.3, 0.4) is 0 Å². The summed E-state index contributed by atoms with van der Waals surface area (Å²) < 4.78 is 3.90. The second kappa shape index (κ2) is 7.74. The molecule has 0 atom stereocenters. The van der Waals surface area contributed by atoms with Crippen LogP contribution in [0.15, 0.2) is 85.3 Å². The number of aryl methyl sites for hydroxylation is 1. The fourth-order valence-corrected chi connectivity index (χ4v) is 3.79.